The summed E-state index contributed by atoms with van der Waals surface area (Å²) in [5.41, 5.74) is 7.33. The summed E-state index contributed by atoms with van der Waals surface area (Å²) in [6, 6.07) is 11.8. The zero-order valence-corrected chi connectivity index (χ0v) is 9.95. The van der Waals surface area contributed by atoms with Crippen LogP contribution in [-0.4, -0.2) is 16.0 Å². The summed E-state index contributed by atoms with van der Waals surface area (Å²) in [5.74, 6) is 0.815. The molecule has 3 N–H and O–H groups in total. The van der Waals surface area contributed by atoms with Crippen LogP contribution in [0.4, 0.5) is 0 Å². The lowest BCUT2D eigenvalue weighted by atomic mass is 10.2. The van der Waals surface area contributed by atoms with Crippen LogP contribution in [0.1, 0.15) is 11.1 Å². The first-order chi connectivity index (χ1) is 8.27. The van der Waals surface area contributed by atoms with Crippen molar-refractivity contribution in [2.24, 2.45) is 5.73 Å². The number of nitrogen functional groups attached to an aromatic ring is 1. The number of aromatic nitrogens is 2. The van der Waals surface area contributed by atoms with Crippen molar-refractivity contribution in [1.82, 2.24) is 10.2 Å². The number of hydrogen-bond donors (Lipinski definition) is 2. The summed E-state index contributed by atoms with van der Waals surface area (Å²) >= 11 is 1.53. The van der Waals surface area contributed by atoms with Crippen LogP contribution in [0.15, 0.2) is 47.6 Å². The maximum absolute atomic E-state index is 7.46. The molecule has 1 aromatic carbocycles. The zero-order valence-electron chi connectivity index (χ0n) is 9.13. The maximum atomic E-state index is 7.46. The van der Waals surface area contributed by atoms with Gasteiger partial charge in [-0.3, -0.25) is 5.41 Å². The highest BCUT2D eigenvalue weighted by molar-refractivity contribution is 7.98. The van der Waals surface area contributed by atoms with Crippen LogP contribution in [0.2, 0.25) is 0 Å². The van der Waals surface area contributed by atoms with Crippen molar-refractivity contribution >= 4 is 17.6 Å². The largest absolute Gasteiger partial charge is 0.384 e. The van der Waals surface area contributed by atoms with Gasteiger partial charge in [-0.05, 0) is 11.6 Å². The van der Waals surface area contributed by atoms with Gasteiger partial charge in [0.25, 0.3) is 0 Å². The number of nitrogens with one attached hydrogen (secondary N) is 1. The lowest BCUT2D eigenvalue weighted by Gasteiger charge is -2.05. The Balaban J connectivity index is 2.12. The normalized spacial score (nSPS) is 10.1. The van der Waals surface area contributed by atoms with Gasteiger partial charge in [0, 0.05) is 5.75 Å². The summed E-state index contributed by atoms with van der Waals surface area (Å²) in [6.07, 6.45) is 1.54. The van der Waals surface area contributed by atoms with Crippen LogP contribution in [0.3, 0.4) is 0 Å². The molecule has 0 aliphatic rings. The fraction of sp³-hybridized carbons (Fsp3) is 0.0833. The van der Waals surface area contributed by atoms with Crippen LogP contribution in [0.25, 0.3) is 0 Å². The van der Waals surface area contributed by atoms with Crippen molar-refractivity contribution in [1.29, 1.82) is 5.41 Å². The number of nitrogens with two attached hydrogens (primary N) is 1. The number of thioether (sulfide) groups is 1. The van der Waals surface area contributed by atoms with E-state index in [2.05, 4.69) is 22.3 Å². The van der Waals surface area contributed by atoms with Gasteiger partial charge in [0.2, 0.25) is 0 Å². The molecule has 0 atom stereocenters. The van der Waals surface area contributed by atoms with E-state index in [-0.39, 0.29) is 5.84 Å². The molecule has 0 bridgehead atoms. The van der Waals surface area contributed by atoms with Gasteiger partial charge >= 0.3 is 0 Å². The summed E-state index contributed by atoms with van der Waals surface area (Å²) < 4.78 is 0. The molecule has 5 heteroatoms. The second kappa shape index (κ2) is 5.45. The molecule has 0 spiro atoms. The second-order valence-electron chi connectivity index (χ2n) is 3.44. The van der Waals surface area contributed by atoms with Gasteiger partial charge in [-0.1, -0.05) is 42.1 Å². The topological polar surface area (TPSA) is 75.7 Å². The smallest absolute Gasteiger partial charge is 0.130 e. The van der Waals surface area contributed by atoms with E-state index in [0.29, 0.717) is 10.6 Å². The molecule has 0 radical (unpaired) electrons. The minimum atomic E-state index is 0.0236. The van der Waals surface area contributed by atoms with Crippen molar-refractivity contribution in [3.8, 4) is 0 Å². The van der Waals surface area contributed by atoms with Gasteiger partial charge in [0.1, 0.15) is 10.9 Å². The van der Waals surface area contributed by atoms with Crippen molar-refractivity contribution in [3.05, 3.63) is 53.7 Å². The molecule has 17 heavy (non-hydrogen) atoms. The zero-order chi connectivity index (χ0) is 12.1. The molecule has 0 aliphatic carbocycles. The number of benzene rings is 1. The van der Waals surface area contributed by atoms with Crippen LogP contribution in [0, 0.1) is 5.41 Å². The molecule has 0 saturated carbocycles. The molecular weight excluding hydrogens is 232 g/mol. The molecule has 1 heterocycles. The summed E-state index contributed by atoms with van der Waals surface area (Å²) in [7, 11) is 0. The molecule has 4 nitrogen and oxygen atoms in total. The van der Waals surface area contributed by atoms with Gasteiger partial charge in [0.05, 0.1) is 11.8 Å². The van der Waals surface area contributed by atoms with E-state index in [4.69, 9.17) is 11.1 Å². The molecule has 2 aromatic rings. The minimum absolute atomic E-state index is 0.0236. The Labute approximate surface area is 104 Å². The van der Waals surface area contributed by atoms with Crippen molar-refractivity contribution < 1.29 is 0 Å². The van der Waals surface area contributed by atoms with E-state index >= 15 is 0 Å². The van der Waals surface area contributed by atoms with E-state index in [9.17, 15) is 0 Å². The molecule has 0 amide bonds. The van der Waals surface area contributed by atoms with Crippen LogP contribution in [-0.2, 0) is 5.75 Å². The summed E-state index contributed by atoms with van der Waals surface area (Å²) in [4.78, 5) is 0. The first-order valence-corrected chi connectivity index (χ1v) is 6.09. The average Bonchev–Trinajstić information content (AvgIpc) is 2.38. The van der Waals surface area contributed by atoms with Crippen LogP contribution < -0.4 is 5.73 Å². The standard InChI is InChI=1S/C12H12N4S/c13-11(14)10-6-7-15-16-12(10)17-8-9-4-2-1-3-5-9/h1-7H,8H2,(H3,13,14). The third kappa shape index (κ3) is 3.04. The number of hydrogen-bond acceptors (Lipinski definition) is 4. The van der Waals surface area contributed by atoms with Gasteiger partial charge < -0.3 is 5.73 Å². The Morgan fingerprint density at radius 2 is 2.00 bits per heavy atom. The SMILES string of the molecule is N=C(N)c1ccnnc1SCc1ccccc1. The number of amidine groups is 1. The highest BCUT2D eigenvalue weighted by atomic mass is 32.2. The molecule has 0 aliphatic heterocycles. The van der Waals surface area contributed by atoms with E-state index in [1.54, 1.807) is 12.3 Å². The predicted molar refractivity (Wildman–Crippen MR) is 69.1 cm³/mol. The molecular formula is C12H12N4S. The van der Waals surface area contributed by atoms with Crippen molar-refractivity contribution in [2.75, 3.05) is 0 Å². The Morgan fingerprint density at radius 3 is 2.71 bits per heavy atom. The Kier molecular flexibility index (Phi) is 3.72. The van der Waals surface area contributed by atoms with E-state index in [1.807, 2.05) is 18.2 Å². The Bertz CT molecular complexity index is 513. The molecule has 0 saturated heterocycles. The molecule has 2 rings (SSSR count). The lowest BCUT2D eigenvalue weighted by molar-refractivity contribution is 0.920. The Morgan fingerprint density at radius 1 is 1.24 bits per heavy atom. The molecule has 86 valence electrons. The highest BCUT2D eigenvalue weighted by Gasteiger charge is 2.07. The first-order valence-electron chi connectivity index (χ1n) is 5.10. The lowest BCUT2D eigenvalue weighted by Crippen LogP contribution is -2.13. The number of rotatable bonds is 4. The molecule has 0 unspecified atom stereocenters. The third-order valence-corrected chi connectivity index (χ3v) is 3.25. The van der Waals surface area contributed by atoms with Gasteiger partial charge in [0.15, 0.2) is 0 Å². The van der Waals surface area contributed by atoms with Crippen LogP contribution in [0.5, 0.6) is 0 Å². The second-order valence-corrected chi connectivity index (χ2v) is 4.40. The van der Waals surface area contributed by atoms with Gasteiger partial charge in [-0.25, -0.2) is 0 Å². The predicted octanol–water partition coefficient (Wildman–Crippen LogP) is 2.05. The fourth-order valence-corrected chi connectivity index (χ4v) is 2.29. The molecule has 1 aromatic heterocycles. The molecule has 0 fully saturated rings. The average molecular weight is 244 g/mol. The quantitative estimate of drug-likeness (QED) is 0.490. The first kappa shape index (κ1) is 11.6. The monoisotopic (exact) mass is 244 g/mol. The van der Waals surface area contributed by atoms with Gasteiger partial charge in [-0.15, -0.1) is 5.10 Å². The summed E-state index contributed by atoms with van der Waals surface area (Å²) in [6.45, 7) is 0. The van der Waals surface area contributed by atoms with E-state index < -0.39 is 0 Å². The third-order valence-electron chi connectivity index (χ3n) is 2.20. The summed E-state index contributed by atoms with van der Waals surface area (Å²) in [5, 5.41) is 16.0. The van der Waals surface area contributed by atoms with Gasteiger partial charge in [-0.2, -0.15) is 5.10 Å². The highest BCUT2D eigenvalue weighted by Crippen LogP contribution is 2.22. The van der Waals surface area contributed by atoms with Crippen LogP contribution >= 0.6 is 11.8 Å². The minimum Gasteiger partial charge on any atom is -0.384 e. The number of nitrogens with zero attached hydrogens (tertiary/aromatic N) is 2. The van der Waals surface area contributed by atoms with Crippen molar-refractivity contribution in [3.63, 3.8) is 0 Å². The fourth-order valence-electron chi connectivity index (χ4n) is 1.36. The Hall–Kier alpha value is -1.88. The maximum Gasteiger partial charge on any atom is 0.130 e. The van der Waals surface area contributed by atoms with E-state index in [1.165, 1.54) is 17.3 Å². The van der Waals surface area contributed by atoms with Crippen molar-refractivity contribution in [2.45, 2.75) is 10.8 Å². The van der Waals surface area contributed by atoms with E-state index in [0.717, 1.165) is 5.75 Å².